The minimum absolute atomic E-state index is 0.675. The van der Waals surface area contributed by atoms with Crippen molar-refractivity contribution in [3.8, 4) is 5.75 Å². The summed E-state index contributed by atoms with van der Waals surface area (Å²) in [4.78, 5) is 4.71. The van der Waals surface area contributed by atoms with Crippen LogP contribution < -0.4 is 15.4 Å². The topological polar surface area (TPSA) is 51.0 Å². The highest BCUT2D eigenvalue weighted by Gasteiger charge is 2.18. The molecule has 122 valence electrons. The van der Waals surface area contributed by atoms with E-state index in [1.165, 1.54) is 5.70 Å². The lowest BCUT2D eigenvalue weighted by atomic mass is 10.2. The number of hydrogen-bond donors (Lipinski definition) is 1. The summed E-state index contributed by atoms with van der Waals surface area (Å²) < 4.78 is 10.7. The molecule has 1 aliphatic rings. The van der Waals surface area contributed by atoms with Gasteiger partial charge < -0.3 is 25.0 Å². The predicted octanol–water partition coefficient (Wildman–Crippen LogP) is 2.34. The number of ether oxygens (including phenoxy) is 2. The summed E-state index contributed by atoms with van der Waals surface area (Å²) in [6.45, 7) is 11.6. The average molecular weight is 305 g/mol. The van der Waals surface area contributed by atoms with Gasteiger partial charge in [-0.3, -0.25) is 0 Å². The van der Waals surface area contributed by atoms with Crippen molar-refractivity contribution in [2.24, 2.45) is 0 Å². The number of rotatable bonds is 7. The number of nitrogens with zero attached hydrogens (tertiary/aromatic N) is 2. The van der Waals surface area contributed by atoms with Crippen molar-refractivity contribution >= 4 is 11.4 Å². The van der Waals surface area contributed by atoms with E-state index in [1.807, 2.05) is 19.1 Å². The van der Waals surface area contributed by atoms with Crippen LogP contribution in [0.5, 0.6) is 5.75 Å². The van der Waals surface area contributed by atoms with Crippen molar-refractivity contribution in [1.29, 1.82) is 0 Å². The highest BCUT2D eigenvalue weighted by molar-refractivity contribution is 5.62. The maximum Gasteiger partial charge on any atom is 0.143 e. The fourth-order valence-electron chi connectivity index (χ4n) is 2.67. The largest absolute Gasteiger partial charge is 0.495 e. The van der Waals surface area contributed by atoms with Gasteiger partial charge >= 0.3 is 0 Å². The minimum Gasteiger partial charge on any atom is -0.495 e. The number of nitrogen functional groups attached to an aromatic ring is 1. The third kappa shape index (κ3) is 4.07. The molecule has 1 aromatic carbocycles. The average Bonchev–Trinajstić information content (AvgIpc) is 2.55. The van der Waals surface area contributed by atoms with Crippen LogP contribution in [0.25, 0.3) is 0 Å². The quantitative estimate of drug-likeness (QED) is 0.619. The fraction of sp³-hybridized carbons (Fsp3) is 0.529. The standard InChI is InChI=1S/C17H27N3O2/c1-4-22-12-7-14(2)19-8-10-20(11-9-19)15-5-6-16(18)17(13-15)21-3/h5-6,13H,2,4,7-12,18H2,1,3H3. The number of hydrogen-bond acceptors (Lipinski definition) is 5. The summed E-state index contributed by atoms with van der Waals surface area (Å²) in [5.74, 6) is 0.737. The van der Waals surface area contributed by atoms with Crippen LogP contribution in [0.3, 0.4) is 0 Å². The number of benzene rings is 1. The highest BCUT2D eigenvalue weighted by atomic mass is 16.5. The molecular formula is C17H27N3O2. The molecule has 0 atom stereocenters. The first kappa shape index (κ1) is 16.5. The number of piperazine rings is 1. The second-order valence-corrected chi connectivity index (χ2v) is 5.41. The maximum atomic E-state index is 5.87. The Hall–Kier alpha value is -1.88. The lowest BCUT2D eigenvalue weighted by Crippen LogP contribution is -2.45. The smallest absolute Gasteiger partial charge is 0.143 e. The van der Waals surface area contributed by atoms with Gasteiger partial charge in [0.15, 0.2) is 0 Å². The van der Waals surface area contributed by atoms with Crippen LogP contribution in [-0.2, 0) is 4.74 Å². The summed E-state index contributed by atoms with van der Waals surface area (Å²) in [6, 6.07) is 5.97. The first-order valence-corrected chi connectivity index (χ1v) is 7.84. The molecule has 0 amide bonds. The SMILES string of the molecule is C=C(CCOCC)N1CCN(c2ccc(N)c(OC)c2)CC1. The van der Waals surface area contributed by atoms with E-state index >= 15 is 0 Å². The van der Waals surface area contributed by atoms with Gasteiger partial charge in [0.2, 0.25) is 0 Å². The Morgan fingerprint density at radius 2 is 2.00 bits per heavy atom. The van der Waals surface area contributed by atoms with Crippen molar-refractivity contribution in [3.05, 3.63) is 30.5 Å². The Bertz CT molecular complexity index is 497. The Labute approximate surface area is 133 Å². The monoisotopic (exact) mass is 305 g/mol. The fourth-order valence-corrected chi connectivity index (χ4v) is 2.67. The van der Waals surface area contributed by atoms with Crippen LogP contribution in [0.4, 0.5) is 11.4 Å². The molecule has 1 aliphatic heterocycles. The maximum absolute atomic E-state index is 5.87. The van der Waals surface area contributed by atoms with E-state index in [2.05, 4.69) is 22.4 Å². The van der Waals surface area contributed by atoms with Gasteiger partial charge in [0.05, 0.1) is 19.4 Å². The Morgan fingerprint density at radius 1 is 1.27 bits per heavy atom. The molecule has 2 rings (SSSR count). The first-order chi connectivity index (χ1) is 10.7. The molecule has 0 aromatic heterocycles. The third-order valence-corrected chi connectivity index (χ3v) is 4.05. The van der Waals surface area contributed by atoms with Crippen LogP contribution >= 0.6 is 0 Å². The zero-order valence-corrected chi connectivity index (χ0v) is 13.7. The summed E-state index contributed by atoms with van der Waals surface area (Å²) in [5.41, 5.74) is 8.88. The van der Waals surface area contributed by atoms with Gasteiger partial charge in [-0.05, 0) is 19.1 Å². The Kier molecular flexibility index (Phi) is 5.95. The van der Waals surface area contributed by atoms with E-state index in [0.717, 1.165) is 57.3 Å². The van der Waals surface area contributed by atoms with Crippen molar-refractivity contribution in [3.63, 3.8) is 0 Å². The molecule has 0 bridgehead atoms. The molecule has 0 unspecified atom stereocenters. The second kappa shape index (κ2) is 7.94. The normalized spacial score (nSPS) is 15.0. The highest BCUT2D eigenvalue weighted by Crippen LogP contribution is 2.28. The van der Waals surface area contributed by atoms with Crippen molar-refractivity contribution in [1.82, 2.24) is 4.90 Å². The molecule has 0 spiro atoms. The predicted molar refractivity (Wildman–Crippen MR) is 91.4 cm³/mol. The van der Waals surface area contributed by atoms with Crippen LogP contribution in [0.15, 0.2) is 30.5 Å². The lowest BCUT2D eigenvalue weighted by molar-refractivity contribution is 0.143. The molecule has 2 N–H and O–H groups in total. The van der Waals surface area contributed by atoms with Gasteiger partial charge in [-0.15, -0.1) is 0 Å². The molecule has 0 radical (unpaired) electrons. The molecule has 1 aromatic rings. The summed E-state index contributed by atoms with van der Waals surface area (Å²) >= 11 is 0. The molecular weight excluding hydrogens is 278 g/mol. The van der Waals surface area contributed by atoms with E-state index in [1.54, 1.807) is 7.11 Å². The Balaban J connectivity index is 1.88. The van der Waals surface area contributed by atoms with Crippen molar-refractivity contribution in [2.75, 3.05) is 57.1 Å². The number of methoxy groups -OCH3 is 1. The van der Waals surface area contributed by atoms with E-state index in [9.17, 15) is 0 Å². The van der Waals surface area contributed by atoms with Gasteiger partial charge in [0, 0.05) is 56.7 Å². The zero-order valence-electron chi connectivity index (χ0n) is 13.7. The molecule has 5 nitrogen and oxygen atoms in total. The molecule has 0 saturated carbocycles. The molecule has 0 aliphatic carbocycles. The van der Waals surface area contributed by atoms with E-state index in [-0.39, 0.29) is 0 Å². The van der Waals surface area contributed by atoms with Gasteiger partial charge in [-0.2, -0.15) is 0 Å². The van der Waals surface area contributed by atoms with E-state index in [0.29, 0.717) is 5.69 Å². The molecule has 22 heavy (non-hydrogen) atoms. The van der Waals surface area contributed by atoms with Gasteiger partial charge in [-0.1, -0.05) is 6.58 Å². The van der Waals surface area contributed by atoms with Gasteiger partial charge in [0.1, 0.15) is 5.75 Å². The molecule has 5 heteroatoms. The summed E-state index contributed by atoms with van der Waals surface area (Å²) in [5, 5.41) is 0. The molecule has 1 heterocycles. The second-order valence-electron chi connectivity index (χ2n) is 5.41. The van der Waals surface area contributed by atoms with E-state index in [4.69, 9.17) is 15.2 Å². The first-order valence-electron chi connectivity index (χ1n) is 7.84. The van der Waals surface area contributed by atoms with Crippen LogP contribution in [-0.4, -0.2) is 51.4 Å². The van der Waals surface area contributed by atoms with Crippen molar-refractivity contribution < 1.29 is 9.47 Å². The number of anilines is 2. The molecule has 1 fully saturated rings. The minimum atomic E-state index is 0.675. The number of nitrogens with two attached hydrogens (primary N) is 1. The van der Waals surface area contributed by atoms with Crippen LogP contribution in [0, 0.1) is 0 Å². The summed E-state index contributed by atoms with van der Waals surface area (Å²) in [7, 11) is 1.65. The van der Waals surface area contributed by atoms with Gasteiger partial charge in [-0.25, -0.2) is 0 Å². The van der Waals surface area contributed by atoms with Crippen LogP contribution in [0.1, 0.15) is 13.3 Å². The zero-order chi connectivity index (χ0) is 15.9. The lowest BCUT2D eigenvalue weighted by Gasteiger charge is -2.38. The summed E-state index contributed by atoms with van der Waals surface area (Å²) in [6.07, 6.45) is 0.906. The Morgan fingerprint density at radius 3 is 2.64 bits per heavy atom. The van der Waals surface area contributed by atoms with Gasteiger partial charge in [0.25, 0.3) is 0 Å². The van der Waals surface area contributed by atoms with Crippen molar-refractivity contribution in [2.45, 2.75) is 13.3 Å². The van der Waals surface area contributed by atoms with Crippen LogP contribution in [0.2, 0.25) is 0 Å². The van der Waals surface area contributed by atoms with E-state index < -0.39 is 0 Å². The third-order valence-electron chi connectivity index (χ3n) is 4.05. The molecule has 1 saturated heterocycles.